The minimum Gasteiger partial charge on any atom is -0.333 e. The van der Waals surface area contributed by atoms with Crippen LogP contribution in [0.15, 0.2) is 23.1 Å². The molecule has 4 nitrogen and oxygen atoms in total. The van der Waals surface area contributed by atoms with Crippen LogP contribution in [-0.4, -0.2) is 45.4 Å². The summed E-state index contributed by atoms with van der Waals surface area (Å²) in [7, 11) is -3.32. The maximum absolute atomic E-state index is 12.6. The molecule has 0 amide bonds. The van der Waals surface area contributed by atoms with Crippen molar-refractivity contribution in [2.24, 2.45) is 0 Å². The molecule has 0 aromatic heterocycles. The van der Waals surface area contributed by atoms with Gasteiger partial charge in [-0.15, -0.1) is 0 Å². The van der Waals surface area contributed by atoms with Crippen molar-refractivity contribution in [1.82, 2.24) is 4.31 Å². The Kier molecular flexibility index (Phi) is 4.28. The number of hydrogen-bond donors (Lipinski definition) is 1. The van der Waals surface area contributed by atoms with Gasteiger partial charge in [0.05, 0.1) is 37.6 Å². The van der Waals surface area contributed by atoms with E-state index in [1.807, 2.05) is 26.0 Å². The molecule has 0 atom stereocenters. The first-order valence-corrected chi connectivity index (χ1v) is 8.30. The van der Waals surface area contributed by atoms with Crippen molar-refractivity contribution in [1.29, 1.82) is 0 Å². The Morgan fingerprint density at radius 3 is 2.37 bits per heavy atom. The zero-order valence-corrected chi connectivity index (χ0v) is 12.8. The van der Waals surface area contributed by atoms with Gasteiger partial charge in [-0.1, -0.05) is 17.7 Å². The molecule has 0 aliphatic carbocycles. The SMILES string of the molecule is CC[NH+]1CCN(S(=O)(=O)c2ccc(C)cc2C)CC1. The minimum absolute atomic E-state index is 0.457. The van der Waals surface area contributed by atoms with Crippen LogP contribution in [0.1, 0.15) is 18.1 Å². The van der Waals surface area contributed by atoms with Gasteiger partial charge in [0.25, 0.3) is 0 Å². The van der Waals surface area contributed by atoms with Gasteiger partial charge < -0.3 is 4.90 Å². The van der Waals surface area contributed by atoms with E-state index in [1.165, 1.54) is 4.90 Å². The van der Waals surface area contributed by atoms with Crippen LogP contribution in [0.4, 0.5) is 0 Å². The molecule has 1 aromatic rings. The molecular weight excluding hydrogens is 260 g/mol. The Morgan fingerprint density at radius 2 is 1.84 bits per heavy atom. The summed E-state index contributed by atoms with van der Waals surface area (Å²) in [5.74, 6) is 0. The van der Waals surface area contributed by atoms with Gasteiger partial charge in [-0.05, 0) is 32.4 Å². The van der Waals surface area contributed by atoms with Crippen molar-refractivity contribution in [2.45, 2.75) is 25.7 Å². The fourth-order valence-corrected chi connectivity index (χ4v) is 4.27. The Balaban J connectivity index is 2.23. The average molecular weight is 283 g/mol. The fraction of sp³-hybridized carbons (Fsp3) is 0.571. The Bertz CT molecular complexity index is 547. The summed E-state index contributed by atoms with van der Waals surface area (Å²) in [4.78, 5) is 1.94. The molecule has 0 spiro atoms. The lowest BCUT2D eigenvalue weighted by atomic mass is 10.2. The number of likely N-dealkylation sites (N-methyl/N-ethyl adjacent to an activating group) is 1. The summed E-state index contributed by atoms with van der Waals surface area (Å²) in [5, 5.41) is 0. The summed E-state index contributed by atoms with van der Waals surface area (Å²) in [6.45, 7) is 10.1. The van der Waals surface area contributed by atoms with E-state index >= 15 is 0 Å². The molecule has 0 radical (unpaired) electrons. The van der Waals surface area contributed by atoms with Crippen LogP contribution in [0.5, 0.6) is 0 Å². The molecule has 1 aliphatic heterocycles. The molecule has 19 heavy (non-hydrogen) atoms. The molecule has 0 unspecified atom stereocenters. The van der Waals surface area contributed by atoms with Gasteiger partial charge >= 0.3 is 0 Å². The maximum atomic E-state index is 12.6. The first-order chi connectivity index (χ1) is 8.95. The highest BCUT2D eigenvalue weighted by Gasteiger charge is 2.30. The van der Waals surface area contributed by atoms with Crippen molar-refractivity contribution in [2.75, 3.05) is 32.7 Å². The Hall–Kier alpha value is -0.910. The number of sulfonamides is 1. The number of benzene rings is 1. The highest BCUT2D eigenvalue weighted by atomic mass is 32.2. The average Bonchev–Trinajstić information content (AvgIpc) is 2.38. The molecule has 1 aliphatic rings. The van der Waals surface area contributed by atoms with Gasteiger partial charge in [-0.3, -0.25) is 0 Å². The minimum atomic E-state index is -3.32. The second kappa shape index (κ2) is 5.61. The predicted molar refractivity (Wildman–Crippen MR) is 75.9 cm³/mol. The van der Waals surface area contributed by atoms with E-state index in [9.17, 15) is 8.42 Å². The lowest BCUT2D eigenvalue weighted by Gasteiger charge is -2.31. The zero-order valence-electron chi connectivity index (χ0n) is 11.9. The summed E-state index contributed by atoms with van der Waals surface area (Å²) in [6.07, 6.45) is 0. The molecule has 1 aromatic carbocycles. The van der Waals surface area contributed by atoms with Gasteiger partial charge in [0.2, 0.25) is 10.0 Å². The van der Waals surface area contributed by atoms with Crippen LogP contribution in [0.2, 0.25) is 0 Å². The van der Waals surface area contributed by atoms with E-state index in [2.05, 4.69) is 6.92 Å². The summed E-state index contributed by atoms with van der Waals surface area (Å²) >= 11 is 0. The van der Waals surface area contributed by atoms with Crippen molar-refractivity contribution in [3.05, 3.63) is 29.3 Å². The molecule has 1 fully saturated rings. The van der Waals surface area contributed by atoms with E-state index in [0.717, 1.165) is 30.8 Å². The topological polar surface area (TPSA) is 41.8 Å². The quantitative estimate of drug-likeness (QED) is 0.862. The molecule has 0 bridgehead atoms. The van der Waals surface area contributed by atoms with Gasteiger partial charge in [0, 0.05) is 0 Å². The highest BCUT2D eigenvalue weighted by Crippen LogP contribution is 2.20. The van der Waals surface area contributed by atoms with E-state index in [-0.39, 0.29) is 0 Å². The van der Waals surface area contributed by atoms with Crippen molar-refractivity contribution < 1.29 is 13.3 Å². The lowest BCUT2D eigenvalue weighted by Crippen LogP contribution is -3.14. The second-order valence-corrected chi connectivity index (χ2v) is 7.18. The normalized spacial score (nSPS) is 18.7. The van der Waals surface area contributed by atoms with Gasteiger partial charge in [0.1, 0.15) is 0 Å². The number of nitrogens with zero attached hydrogens (tertiary/aromatic N) is 1. The summed E-state index contributed by atoms with van der Waals surface area (Å²) in [6, 6.07) is 5.53. The number of piperazine rings is 1. The summed E-state index contributed by atoms with van der Waals surface area (Å²) in [5.41, 5.74) is 1.93. The second-order valence-electron chi connectivity index (χ2n) is 5.28. The van der Waals surface area contributed by atoms with E-state index in [1.54, 1.807) is 10.4 Å². The van der Waals surface area contributed by atoms with Gasteiger partial charge in [-0.25, -0.2) is 8.42 Å². The van der Waals surface area contributed by atoms with Crippen LogP contribution < -0.4 is 4.90 Å². The van der Waals surface area contributed by atoms with Crippen LogP contribution in [0.25, 0.3) is 0 Å². The highest BCUT2D eigenvalue weighted by molar-refractivity contribution is 7.89. The standard InChI is InChI=1S/C14H22N2O2S/c1-4-15-7-9-16(10-8-15)19(17,18)14-6-5-12(2)11-13(14)3/h5-6,11H,4,7-10H2,1-3H3/p+1. The van der Waals surface area contributed by atoms with Crippen LogP contribution in [-0.2, 0) is 10.0 Å². The monoisotopic (exact) mass is 283 g/mol. The van der Waals surface area contributed by atoms with Gasteiger partial charge in [0.15, 0.2) is 0 Å². The fourth-order valence-electron chi connectivity index (χ4n) is 2.62. The van der Waals surface area contributed by atoms with E-state index in [0.29, 0.717) is 18.0 Å². The Labute approximate surface area is 116 Å². The van der Waals surface area contributed by atoms with Crippen LogP contribution in [0.3, 0.4) is 0 Å². The molecule has 106 valence electrons. The van der Waals surface area contributed by atoms with Crippen molar-refractivity contribution in [3.8, 4) is 0 Å². The maximum Gasteiger partial charge on any atom is 0.243 e. The Morgan fingerprint density at radius 1 is 1.21 bits per heavy atom. The van der Waals surface area contributed by atoms with Crippen LogP contribution >= 0.6 is 0 Å². The number of nitrogens with one attached hydrogen (secondary N) is 1. The zero-order chi connectivity index (χ0) is 14.0. The molecule has 1 heterocycles. The molecular formula is C14H23N2O2S+. The molecule has 1 saturated heterocycles. The molecule has 2 rings (SSSR count). The molecule has 5 heteroatoms. The third-order valence-corrected chi connectivity index (χ3v) is 5.94. The number of rotatable bonds is 3. The number of quaternary nitrogens is 1. The molecule has 1 N–H and O–H groups in total. The van der Waals surface area contributed by atoms with E-state index < -0.39 is 10.0 Å². The smallest absolute Gasteiger partial charge is 0.243 e. The number of aryl methyl sites for hydroxylation is 2. The lowest BCUT2D eigenvalue weighted by molar-refractivity contribution is -0.901. The molecule has 0 saturated carbocycles. The van der Waals surface area contributed by atoms with Crippen molar-refractivity contribution >= 4 is 10.0 Å². The van der Waals surface area contributed by atoms with Crippen LogP contribution in [0, 0.1) is 13.8 Å². The largest absolute Gasteiger partial charge is 0.333 e. The number of hydrogen-bond acceptors (Lipinski definition) is 2. The first kappa shape index (κ1) is 14.5. The predicted octanol–water partition coefficient (Wildman–Crippen LogP) is 0.213. The third kappa shape index (κ3) is 2.99. The van der Waals surface area contributed by atoms with E-state index in [4.69, 9.17) is 0 Å². The van der Waals surface area contributed by atoms with Crippen molar-refractivity contribution in [3.63, 3.8) is 0 Å². The van der Waals surface area contributed by atoms with Gasteiger partial charge in [-0.2, -0.15) is 4.31 Å². The summed E-state index contributed by atoms with van der Waals surface area (Å²) < 4.78 is 26.9. The third-order valence-electron chi connectivity index (χ3n) is 3.88. The first-order valence-electron chi connectivity index (χ1n) is 6.86.